The third-order valence-corrected chi connectivity index (χ3v) is 3.72. The van der Waals surface area contributed by atoms with E-state index in [9.17, 15) is 14.7 Å². The van der Waals surface area contributed by atoms with E-state index >= 15 is 0 Å². The van der Waals surface area contributed by atoms with E-state index in [1.165, 1.54) is 4.90 Å². The molecule has 0 aliphatic carbocycles. The number of rotatable bonds is 4. The highest BCUT2D eigenvalue weighted by atomic mass is 16.4. The zero-order chi connectivity index (χ0) is 15.4. The van der Waals surface area contributed by atoms with Gasteiger partial charge in [0, 0.05) is 18.7 Å². The van der Waals surface area contributed by atoms with Crippen LogP contribution in [0.4, 0.5) is 0 Å². The van der Waals surface area contributed by atoms with Crippen LogP contribution in [-0.4, -0.2) is 53.5 Å². The third-order valence-electron chi connectivity index (χ3n) is 3.72. The molecule has 1 aliphatic rings. The molecule has 1 aromatic rings. The van der Waals surface area contributed by atoms with Crippen molar-refractivity contribution in [2.45, 2.75) is 31.8 Å². The molecular weight excluding hydrogens is 268 g/mol. The Labute approximate surface area is 125 Å². The third kappa shape index (κ3) is 3.82. The van der Waals surface area contributed by atoms with E-state index in [1.54, 1.807) is 6.07 Å². The van der Waals surface area contributed by atoms with Crippen LogP contribution in [-0.2, 0) is 11.3 Å². The lowest BCUT2D eigenvalue weighted by Crippen LogP contribution is -2.48. The van der Waals surface area contributed by atoms with Crippen molar-refractivity contribution >= 4 is 11.9 Å². The van der Waals surface area contributed by atoms with Crippen LogP contribution >= 0.6 is 0 Å². The highest BCUT2D eigenvalue weighted by Gasteiger charge is 2.32. The van der Waals surface area contributed by atoms with Crippen molar-refractivity contribution in [1.82, 2.24) is 9.80 Å². The summed E-state index contributed by atoms with van der Waals surface area (Å²) in [6.07, 6.45) is 2.27. The van der Waals surface area contributed by atoms with Crippen molar-refractivity contribution < 1.29 is 14.7 Å². The highest BCUT2D eigenvalue weighted by Crippen LogP contribution is 2.20. The van der Waals surface area contributed by atoms with Gasteiger partial charge in [-0.05, 0) is 51.1 Å². The fourth-order valence-corrected chi connectivity index (χ4v) is 2.77. The van der Waals surface area contributed by atoms with E-state index < -0.39 is 12.0 Å². The summed E-state index contributed by atoms with van der Waals surface area (Å²) in [5.74, 6) is -1.09. The van der Waals surface area contributed by atoms with E-state index in [1.807, 2.05) is 37.2 Å². The van der Waals surface area contributed by atoms with Crippen molar-refractivity contribution in [3.05, 3.63) is 35.4 Å². The molecule has 1 fully saturated rings. The van der Waals surface area contributed by atoms with E-state index in [-0.39, 0.29) is 5.91 Å². The first-order valence-electron chi connectivity index (χ1n) is 7.26. The first kappa shape index (κ1) is 15.5. The molecule has 0 bridgehead atoms. The monoisotopic (exact) mass is 290 g/mol. The number of amides is 1. The van der Waals surface area contributed by atoms with Crippen molar-refractivity contribution in [2.75, 3.05) is 20.6 Å². The van der Waals surface area contributed by atoms with E-state index in [0.717, 1.165) is 24.9 Å². The zero-order valence-corrected chi connectivity index (χ0v) is 12.6. The quantitative estimate of drug-likeness (QED) is 0.919. The average molecular weight is 290 g/mol. The fraction of sp³-hybridized carbons (Fsp3) is 0.500. The van der Waals surface area contributed by atoms with Crippen molar-refractivity contribution in [3.8, 4) is 0 Å². The Morgan fingerprint density at radius 2 is 2.10 bits per heavy atom. The Morgan fingerprint density at radius 3 is 2.76 bits per heavy atom. The largest absolute Gasteiger partial charge is 0.480 e. The van der Waals surface area contributed by atoms with Crippen molar-refractivity contribution in [3.63, 3.8) is 0 Å². The van der Waals surface area contributed by atoms with Gasteiger partial charge < -0.3 is 14.9 Å². The minimum Gasteiger partial charge on any atom is -0.480 e. The number of hydrogen-bond donors (Lipinski definition) is 1. The summed E-state index contributed by atoms with van der Waals surface area (Å²) in [4.78, 5) is 27.4. The van der Waals surface area contributed by atoms with Gasteiger partial charge in [0.2, 0.25) is 0 Å². The molecule has 5 heteroatoms. The molecule has 0 spiro atoms. The highest BCUT2D eigenvalue weighted by molar-refractivity contribution is 5.96. The van der Waals surface area contributed by atoms with Gasteiger partial charge in [0.1, 0.15) is 6.04 Å². The number of carboxylic acid groups (broad SMARTS) is 1. The minimum atomic E-state index is -0.910. The normalized spacial score (nSPS) is 18.8. The number of benzene rings is 1. The van der Waals surface area contributed by atoms with Crippen LogP contribution in [0.1, 0.15) is 35.2 Å². The lowest BCUT2D eigenvalue weighted by atomic mass is 10.0. The lowest BCUT2D eigenvalue weighted by molar-refractivity contribution is -0.143. The van der Waals surface area contributed by atoms with Gasteiger partial charge in [-0.15, -0.1) is 0 Å². The summed E-state index contributed by atoms with van der Waals surface area (Å²) in [6, 6.07) is 6.75. The Balaban J connectivity index is 2.20. The Hall–Kier alpha value is -1.88. The van der Waals surface area contributed by atoms with Crippen LogP contribution < -0.4 is 0 Å². The molecule has 1 aliphatic heterocycles. The number of carboxylic acids is 1. The Bertz CT molecular complexity index is 528. The number of carbonyl (C=O) groups excluding carboxylic acids is 1. The molecule has 21 heavy (non-hydrogen) atoms. The van der Waals surface area contributed by atoms with Gasteiger partial charge in [-0.2, -0.15) is 0 Å². The van der Waals surface area contributed by atoms with Gasteiger partial charge in [0.05, 0.1) is 0 Å². The lowest BCUT2D eigenvalue weighted by Gasteiger charge is -2.33. The maximum absolute atomic E-state index is 12.6. The minimum absolute atomic E-state index is 0.178. The maximum Gasteiger partial charge on any atom is 0.326 e. The van der Waals surface area contributed by atoms with E-state index in [4.69, 9.17) is 0 Å². The summed E-state index contributed by atoms with van der Waals surface area (Å²) in [6.45, 7) is 1.27. The number of aliphatic carboxylic acids is 1. The molecule has 0 saturated carbocycles. The number of hydrogen-bond acceptors (Lipinski definition) is 3. The molecule has 1 atom stereocenters. The van der Waals surface area contributed by atoms with Crippen molar-refractivity contribution in [1.29, 1.82) is 0 Å². The molecule has 1 aromatic carbocycles. The SMILES string of the molecule is CN(C)Cc1cccc(C(=O)N2CCCCC2C(=O)O)c1. The number of carbonyl (C=O) groups is 2. The molecule has 5 nitrogen and oxygen atoms in total. The van der Waals surface area contributed by atoms with Gasteiger partial charge in [0.15, 0.2) is 0 Å². The molecule has 2 rings (SSSR count). The molecule has 1 unspecified atom stereocenters. The first-order valence-corrected chi connectivity index (χ1v) is 7.26. The Kier molecular flexibility index (Phi) is 4.96. The standard InChI is InChI=1S/C16H22N2O3/c1-17(2)11-12-6-5-7-13(10-12)15(19)18-9-4-3-8-14(18)16(20)21/h5-7,10,14H,3-4,8-9,11H2,1-2H3,(H,20,21). The second-order valence-corrected chi connectivity index (χ2v) is 5.79. The van der Waals surface area contributed by atoms with Gasteiger partial charge in [-0.3, -0.25) is 4.79 Å². The molecular formula is C16H22N2O3. The smallest absolute Gasteiger partial charge is 0.326 e. The van der Waals surface area contributed by atoms with Crippen LogP contribution in [0.2, 0.25) is 0 Å². The average Bonchev–Trinajstić information content (AvgIpc) is 2.46. The second-order valence-electron chi connectivity index (χ2n) is 5.79. The number of piperidine rings is 1. The maximum atomic E-state index is 12.6. The summed E-state index contributed by atoms with van der Waals surface area (Å²) in [5, 5.41) is 9.28. The molecule has 1 saturated heterocycles. The van der Waals surface area contributed by atoms with Crippen LogP contribution in [0.15, 0.2) is 24.3 Å². The van der Waals surface area contributed by atoms with Gasteiger partial charge in [-0.1, -0.05) is 12.1 Å². The van der Waals surface area contributed by atoms with Gasteiger partial charge >= 0.3 is 5.97 Å². The fourth-order valence-electron chi connectivity index (χ4n) is 2.77. The molecule has 1 amide bonds. The second kappa shape index (κ2) is 6.72. The molecule has 114 valence electrons. The van der Waals surface area contributed by atoms with Crippen LogP contribution in [0.5, 0.6) is 0 Å². The zero-order valence-electron chi connectivity index (χ0n) is 12.6. The predicted octanol–water partition coefficient (Wildman–Crippen LogP) is 1.83. The van der Waals surface area contributed by atoms with E-state index in [0.29, 0.717) is 18.5 Å². The molecule has 1 N–H and O–H groups in total. The van der Waals surface area contributed by atoms with Crippen LogP contribution in [0.25, 0.3) is 0 Å². The van der Waals surface area contributed by atoms with Gasteiger partial charge in [0.25, 0.3) is 5.91 Å². The predicted molar refractivity (Wildman–Crippen MR) is 80.1 cm³/mol. The summed E-state index contributed by atoms with van der Waals surface area (Å²) < 4.78 is 0. The molecule has 1 heterocycles. The Morgan fingerprint density at radius 1 is 1.33 bits per heavy atom. The number of likely N-dealkylation sites (tertiary alicyclic amines) is 1. The number of nitrogens with zero attached hydrogens (tertiary/aromatic N) is 2. The summed E-state index contributed by atoms with van der Waals surface area (Å²) in [5.41, 5.74) is 1.62. The first-order chi connectivity index (χ1) is 9.99. The summed E-state index contributed by atoms with van der Waals surface area (Å²) >= 11 is 0. The van der Waals surface area contributed by atoms with Crippen LogP contribution in [0, 0.1) is 0 Å². The summed E-state index contributed by atoms with van der Waals surface area (Å²) in [7, 11) is 3.94. The topological polar surface area (TPSA) is 60.9 Å². The van der Waals surface area contributed by atoms with Crippen LogP contribution in [0.3, 0.4) is 0 Å². The molecule has 0 aromatic heterocycles. The van der Waals surface area contributed by atoms with Gasteiger partial charge in [-0.25, -0.2) is 4.79 Å². The van der Waals surface area contributed by atoms with Crippen molar-refractivity contribution in [2.24, 2.45) is 0 Å². The van der Waals surface area contributed by atoms with E-state index in [2.05, 4.69) is 0 Å². The molecule has 0 radical (unpaired) electrons.